The van der Waals surface area contributed by atoms with Crippen LogP contribution in [0.1, 0.15) is 24.1 Å². The number of anilines is 2. The summed E-state index contributed by atoms with van der Waals surface area (Å²) < 4.78 is 0. The van der Waals surface area contributed by atoms with Gasteiger partial charge in [0.2, 0.25) is 5.91 Å². The normalized spacial score (nSPS) is 14.9. The van der Waals surface area contributed by atoms with Crippen LogP contribution in [0.15, 0.2) is 36.4 Å². The lowest BCUT2D eigenvalue weighted by Crippen LogP contribution is -2.38. The van der Waals surface area contributed by atoms with E-state index in [0.29, 0.717) is 11.3 Å². The number of aromatic nitrogens is 2. The van der Waals surface area contributed by atoms with E-state index in [1.807, 2.05) is 25.1 Å². The summed E-state index contributed by atoms with van der Waals surface area (Å²) in [4.78, 5) is 14.6. The Hall–Kier alpha value is -2.94. The molecule has 3 rings (SSSR count). The summed E-state index contributed by atoms with van der Waals surface area (Å²) in [7, 11) is 0. The maximum Gasteiger partial charge on any atom is 0.227 e. The van der Waals surface area contributed by atoms with Gasteiger partial charge in [-0.25, -0.2) is 0 Å². The van der Waals surface area contributed by atoms with Gasteiger partial charge in [0.15, 0.2) is 5.82 Å². The molecular formula is C18H19N5O. The van der Waals surface area contributed by atoms with Crippen LogP contribution in [-0.2, 0) is 4.79 Å². The van der Waals surface area contributed by atoms with E-state index in [9.17, 15) is 4.79 Å². The number of amides is 1. The van der Waals surface area contributed by atoms with Crippen LogP contribution in [0.5, 0.6) is 0 Å². The summed E-state index contributed by atoms with van der Waals surface area (Å²) in [6, 6.07) is 13.1. The third kappa shape index (κ3) is 3.51. The molecule has 6 heteroatoms. The SMILES string of the molecule is Cc1ccc(N2CCC(C(=O)Nc3ccccc3C#N)CC2)nn1. The molecule has 0 bridgehead atoms. The molecule has 1 N–H and O–H groups in total. The second-order valence-corrected chi connectivity index (χ2v) is 5.94. The number of carbonyl (C=O) groups excluding carboxylic acids is 1. The smallest absolute Gasteiger partial charge is 0.227 e. The van der Waals surface area contributed by atoms with Crippen molar-refractivity contribution in [3.05, 3.63) is 47.7 Å². The molecule has 1 saturated heterocycles. The fourth-order valence-corrected chi connectivity index (χ4v) is 2.86. The predicted molar refractivity (Wildman–Crippen MR) is 91.5 cm³/mol. The van der Waals surface area contributed by atoms with Crippen molar-refractivity contribution in [2.75, 3.05) is 23.3 Å². The quantitative estimate of drug-likeness (QED) is 0.939. The van der Waals surface area contributed by atoms with E-state index in [4.69, 9.17) is 5.26 Å². The highest BCUT2D eigenvalue weighted by Gasteiger charge is 2.26. The minimum Gasteiger partial charge on any atom is -0.355 e. The molecule has 0 radical (unpaired) electrons. The molecule has 1 aromatic carbocycles. The molecule has 1 aromatic heterocycles. The molecular weight excluding hydrogens is 302 g/mol. The summed E-state index contributed by atoms with van der Waals surface area (Å²) in [5.74, 6) is 0.785. The first-order chi connectivity index (χ1) is 11.7. The number of aryl methyl sites for hydroxylation is 1. The number of hydrogen-bond donors (Lipinski definition) is 1. The van der Waals surface area contributed by atoms with Gasteiger partial charge in [-0.3, -0.25) is 4.79 Å². The van der Waals surface area contributed by atoms with Crippen LogP contribution < -0.4 is 10.2 Å². The zero-order valence-corrected chi connectivity index (χ0v) is 13.6. The molecule has 0 aliphatic carbocycles. The van der Waals surface area contributed by atoms with Gasteiger partial charge in [-0.1, -0.05) is 12.1 Å². The highest BCUT2D eigenvalue weighted by Crippen LogP contribution is 2.23. The Morgan fingerprint density at radius 1 is 1.21 bits per heavy atom. The topological polar surface area (TPSA) is 81.9 Å². The zero-order chi connectivity index (χ0) is 16.9. The first kappa shape index (κ1) is 15.9. The summed E-state index contributed by atoms with van der Waals surface area (Å²) in [6.45, 7) is 3.46. The summed E-state index contributed by atoms with van der Waals surface area (Å²) >= 11 is 0. The lowest BCUT2D eigenvalue weighted by Gasteiger charge is -2.31. The van der Waals surface area contributed by atoms with E-state index >= 15 is 0 Å². The van der Waals surface area contributed by atoms with E-state index in [1.165, 1.54) is 0 Å². The molecule has 1 amide bonds. The standard InChI is InChI=1S/C18H19N5O/c1-13-6-7-17(22-21-13)23-10-8-14(9-11-23)18(24)20-16-5-3-2-4-15(16)12-19/h2-7,14H,8-11H2,1H3,(H,20,24). The summed E-state index contributed by atoms with van der Waals surface area (Å²) in [6.07, 6.45) is 1.52. The van der Waals surface area contributed by atoms with Gasteiger partial charge in [0, 0.05) is 19.0 Å². The number of benzene rings is 1. The molecule has 2 aromatic rings. The Bertz CT molecular complexity index is 758. The molecule has 0 atom stereocenters. The maximum atomic E-state index is 12.5. The Labute approximate surface area is 141 Å². The molecule has 0 unspecified atom stereocenters. The molecule has 122 valence electrons. The first-order valence-corrected chi connectivity index (χ1v) is 8.02. The Kier molecular flexibility index (Phi) is 4.71. The van der Waals surface area contributed by atoms with Crippen LogP contribution in [0.4, 0.5) is 11.5 Å². The fraction of sp³-hybridized carbons (Fsp3) is 0.333. The van der Waals surface area contributed by atoms with Crippen LogP contribution in [0.25, 0.3) is 0 Å². The number of nitriles is 1. The van der Waals surface area contributed by atoms with Gasteiger partial charge in [-0.15, -0.1) is 5.10 Å². The fourth-order valence-electron chi connectivity index (χ4n) is 2.86. The Balaban J connectivity index is 1.59. The van der Waals surface area contributed by atoms with Crippen LogP contribution in [0, 0.1) is 24.2 Å². The molecule has 24 heavy (non-hydrogen) atoms. The summed E-state index contributed by atoms with van der Waals surface area (Å²) in [5, 5.41) is 20.3. The van der Waals surface area contributed by atoms with Crippen molar-refractivity contribution in [3.8, 4) is 6.07 Å². The number of para-hydroxylation sites is 1. The second kappa shape index (κ2) is 7.09. The molecule has 2 heterocycles. The predicted octanol–water partition coefficient (Wildman–Crippen LogP) is 2.51. The van der Waals surface area contributed by atoms with E-state index in [1.54, 1.807) is 18.2 Å². The zero-order valence-electron chi connectivity index (χ0n) is 13.6. The molecule has 1 aliphatic heterocycles. The summed E-state index contributed by atoms with van der Waals surface area (Å²) in [5.41, 5.74) is 1.96. The molecule has 1 aliphatic rings. The second-order valence-electron chi connectivity index (χ2n) is 5.94. The van der Waals surface area contributed by atoms with Crippen molar-refractivity contribution in [2.45, 2.75) is 19.8 Å². The van der Waals surface area contributed by atoms with Crippen molar-refractivity contribution < 1.29 is 4.79 Å². The van der Waals surface area contributed by atoms with E-state index in [2.05, 4.69) is 26.5 Å². The molecule has 1 fully saturated rings. The van der Waals surface area contributed by atoms with Gasteiger partial charge in [0.25, 0.3) is 0 Å². The van der Waals surface area contributed by atoms with Crippen LogP contribution >= 0.6 is 0 Å². The van der Waals surface area contributed by atoms with Crippen molar-refractivity contribution in [2.24, 2.45) is 5.92 Å². The lowest BCUT2D eigenvalue weighted by atomic mass is 9.95. The Morgan fingerprint density at radius 3 is 2.62 bits per heavy atom. The number of carbonyl (C=O) groups is 1. The largest absolute Gasteiger partial charge is 0.355 e. The van der Waals surface area contributed by atoms with Crippen LogP contribution in [0.3, 0.4) is 0 Å². The minimum atomic E-state index is -0.0496. The van der Waals surface area contributed by atoms with Crippen LogP contribution in [-0.4, -0.2) is 29.2 Å². The number of hydrogen-bond acceptors (Lipinski definition) is 5. The van der Waals surface area contributed by atoms with Gasteiger partial charge in [-0.2, -0.15) is 10.4 Å². The van der Waals surface area contributed by atoms with Crippen molar-refractivity contribution >= 4 is 17.4 Å². The van der Waals surface area contributed by atoms with Gasteiger partial charge in [0.1, 0.15) is 6.07 Å². The maximum absolute atomic E-state index is 12.5. The van der Waals surface area contributed by atoms with Crippen LogP contribution in [0.2, 0.25) is 0 Å². The molecule has 6 nitrogen and oxygen atoms in total. The monoisotopic (exact) mass is 321 g/mol. The van der Waals surface area contributed by atoms with Crippen molar-refractivity contribution in [1.82, 2.24) is 10.2 Å². The minimum absolute atomic E-state index is 0.0210. The molecule has 0 saturated carbocycles. The van der Waals surface area contributed by atoms with Gasteiger partial charge in [0.05, 0.1) is 16.9 Å². The third-order valence-corrected chi connectivity index (χ3v) is 4.28. The number of nitrogens with one attached hydrogen (secondary N) is 1. The van der Waals surface area contributed by atoms with Crippen molar-refractivity contribution in [3.63, 3.8) is 0 Å². The van der Waals surface area contributed by atoms with Gasteiger partial charge >= 0.3 is 0 Å². The average Bonchev–Trinajstić information content (AvgIpc) is 2.63. The van der Waals surface area contributed by atoms with Gasteiger partial charge in [-0.05, 0) is 44.0 Å². The third-order valence-electron chi connectivity index (χ3n) is 4.28. The van der Waals surface area contributed by atoms with E-state index in [0.717, 1.165) is 37.4 Å². The lowest BCUT2D eigenvalue weighted by molar-refractivity contribution is -0.120. The number of piperidine rings is 1. The molecule has 0 spiro atoms. The highest BCUT2D eigenvalue weighted by molar-refractivity contribution is 5.93. The number of rotatable bonds is 3. The Morgan fingerprint density at radius 2 is 1.96 bits per heavy atom. The van der Waals surface area contributed by atoms with Gasteiger partial charge < -0.3 is 10.2 Å². The van der Waals surface area contributed by atoms with Crippen molar-refractivity contribution in [1.29, 1.82) is 5.26 Å². The average molecular weight is 321 g/mol. The van der Waals surface area contributed by atoms with E-state index in [-0.39, 0.29) is 11.8 Å². The first-order valence-electron chi connectivity index (χ1n) is 8.02. The van der Waals surface area contributed by atoms with E-state index < -0.39 is 0 Å². The highest BCUT2D eigenvalue weighted by atomic mass is 16.1. The number of nitrogens with zero attached hydrogens (tertiary/aromatic N) is 4.